The first kappa shape index (κ1) is 23.6. The van der Waals surface area contributed by atoms with Gasteiger partial charge in [0.15, 0.2) is 0 Å². The zero-order chi connectivity index (χ0) is 25.2. The molecule has 0 aliphatic carbocycles. The molecule has 4 rings (SSSR count). The number of anilines is 2. The molecule has 4 N–H and O–H groups in total. The second-order valence-corrected chi connectivity index (χ2v) is 7.58. The number of nitrogens with one attached hydrogen (secondary N) is 2. The first-order valence-electron chi connectivity index (χ1n) is 10.3. The van der Waals surface area contributed by atoms with Gasteiger partial charge in [-0.2, -0.15) is 13.2 Å². The standard InChI is InChI=1S/C25H19F3N4O3/c1-30-24(34)22-13-21(6-7-31-22)35-20-5-4-14-2-3-15(8-16(14)9-20)23(33)32-19-11-17(25(26,27)28)10-18(29)12-19/h2-13H,29H2,1H3,(H,30,34)(H,32,33). The third-order valence-corrected chi connectivity index (χ3v) is 5.04. The summed E-state index contributed by atoms with van der Waals surface area (Å²) < 4.78 is 45.0. The molecular formula is C25H19F3N4O3. The summed E-state index contributed by atoms with van der Waals surface area (Å²) >= 11 is 0. The molecule has 1 aromatic heterocycles. The summed E-state index contributed by atoms with van der Waals surface area (Å²) in [5.74, 6) is -0.0998. The van der Waals surface area contributed by atoms with Crippen LogP contribution in [-0.2, 0) is 6.18 Å². The summed E-state index contributed by atoms with van der Waals surface area (Å²) in [4.78, 5) is 28.5. The summed E-state index contributed by atoms with van der Waals surface area (Å²) in [6.07, 6.45) is -3.14. The number of aromatic nitrogens is 1. The molecule has 0 spiro atoms. The lowest BCUT2D eigenvalue weighted by Crippen LogP contribution is -2.18. The van der Waals surface area contributed by atoms with Crippen LogP contribution in [-0.4, -0.2) is 23.8 Å². The van der Waals surface area contributed by atoms with Crippen molar-refractivity contribution < 1.29 is 27.5 Å². The zero-order valence-electron chi connectivity index (χ0n) is 18.3. The Hall–Kier alpha value is -4.60. The number of ether oxygens (including phenoxy) is 1. The van der Waals surface area contributed by atoms with Crippen LogP contribution in [0.3, 0.4) is 0 Å². The molecule has 3 aromatic carbocycles. The smallest absolute Gasteiger partial charge is 0.416 e. The second kappa shape index (κ2) is 9.34. The summed E-state index contributed by atoms with van der Waals surface area (Å²) in [7, 11) is 1.50. The number of fused-ring (bicyclic) bond motifs is 1. The maximum atomic E-state index is 13.1. The van der Waals surface area contributed by atoms with Gasteiger partial charge < -0.3 is 21.1 Å². The van der Waals surface area contributed by atoms with E-state index in [1.54, 1.807) is 42.5 Å². The number of hydrogen-bond donors (Lipinski definition) is 3. The van der Waals surface area contributed by atoms with E-state index in [0.717, 1.165) is 17.5 Å². The van der Waals surface area contributed by atoms with E-state index in [1.165, 1.54) is 25.4 Å². The van der Waals surface area contributed by atoms with Gasteiger partial charge in [0, 0.05) is 36.2 Å². The second-order valence-electron chi connectivity index (χ2n) is 7.58. The molecule has 7 nitrogen and oxygen atoms in total. The predicted octanol–water partition coefficient (Wildman–Crippen LogP) is 5.24. The minimum atomic E-state index is -4.59. The van der Waals surface area contributed by atoms with Crippen LogP contribution in [0, 0.1) is 0 Å². The van der Waals surface area contributed by atoms with Crippen molar-refractivity contribution in [2.24, 2.45) is 0 Å². The Morgan fingerprint density at radius 3 is 2.37 bits per heavy atom. The SMILES string of the molecule is CNC(=O)c1cc(Oc2ccc3ccc(C(=O)Nc4cc(N)cc(C(F)(F)F)c4)cc3c2)ccn1. The van der Waals surface area contributed by atoms with Crippen LogP contribution in [0.2, 0.25) is 0 Å². The molecule has 0 aliphatic heterocycles. The predicted molar refractivity (Wildman–Crippen MR) is 125 cm³/mol. The average molecular weight is 480 g/mol. The molecule has 1 heterocycles. The van der Waals surface area contributed by atoms with Crippen molar-refractivity contribution in [1.29, 1.82) is 0 Å². The molecule has 0 bridgehead atoms. The summed E-state index contributed by atoms with van der Waals surface area (Å²) in [6.45, 7) is 0. The molecule has 0 radical (unpaired) electrons. The number of nitrogen functional groups attached to an aromatic ring is 1. The van der Waals surface area contributed by atoms with Crippen LogP contribution >= 0.6 is 0 Å². The van der Waals surface area contributed by atoms with Crippen molar-refractivity contribution in [2.75, 3.05) is 18.1 Å². The quantitative estimate of drug-likeness (QED) is 0.339. The van der Waals surface area contributed by atoms with Gasteiger partial charge in [-0.3, -0.25) is 14.6 Å². The molecule has 35 heavy (non-hydrogen) atoms. The van der Waals surface area contributed by atoms with Crippen molar-refractivity contribution in [3.05, 3.63) is 89.7 Å². The monoisotopic (exact) mass is 480 g/mol. The molecule has 178 valence electrons. The van der Waals surface area contributed by atoms with E-state index in [4.69, 9.17) is 10.5 Å². The average Bonchev–Trinajstić information content (AvgIpc) is 2.82. The van der Waals surface area contributed by atoms with E-state index in [1.807, 2.05) is 0 Å². The first-order valence-corrected chi connectivity index (χ1v) is 10.3. The van der Waals surface area contributed by atoms with Crippen LogP contribution in [0.5, 0.6) is 11.5 Å². The topological polar surface area (TPSA) is 106 Å². The fraction of sp³-hybridized carbons (Fsp3) is 0.0800. The lowest BCUT2D eigenvalue weighted by Gasteiger charge is -2.12. The van der Waals surface area contributed by atoms with E-state index in [9.17, 15) is 22.8 Å². The molecule has 10 heteroatoms. The zero-order valence-corrected chi connectivity index (χ0v) is 18.3. The molecule has 0 atom stereocenters. The molecule has 4 aromatic rings. The summed E-state index contributed by atoms with van der Waals surface area (Å²) in [5, 5.41) is 6.43. The number of carbonyl (C=O) groups is 2. The lowest BCUT2D eigenvalue weighted by molar-refractivity contribution is -0.137. The van der Waals surface area contributed by atoms with Crippen molar-refractivity contribution in [2.45, 2.75) is 6.18 Å². The number of halogens is 3. The van der Waals surface area contributed by atoms with Gasteiger partial charge in [-0.15, -0.1) is 0 Å². The van der Waals surface area contributed by atoms with Gasteiger partial charge in [-0.25, -0.2) is 0 Å². The molecule has 0 unspecified atom stereocenters. The maximum absolute atomic E-state index is 13.1. The van der Waals surface area contributed by atoms with Crippen molar-refractivity contribution in [3.8, 4) is 11.5 Å². The van der Waals surface area contributed by atoms with Gasteiger partial charge in [0.2, 0.25) is 0 Å². The molecule has 0 aliphatic rings. The van der Waals surface area contributed by atoms with Gasteiger partial charge in [-0.1, -0.05) is 12.1 Å². The number of alkyl halides is 3. The molecular weight excluding hydrogens is 461 g/mol. The van der Waals surface area contributed by atoms with Gasteiger partial charge in [0.05, 0.1) is 5.56 Å². The summed E-state index contributed by atoms with van der Waals surface area (Å²) in [5.41, 5.74) is 4.85. The number of amides is 2. The van der Waals surface area contributed by atoms with Crippen LogP contribution < -0.4 is 21.1 Å². The normalized spacial score (nSPS) is 11.2. The Morgan fingerprint density at radius 2 is 1.63 bits per heavy atom. The van der Waals surface area contributed by atoms with Crippen molar-refractivity contribution in [3.63, 3.8) is 0 Å². The highest BCUT2D eigenvalue weighted by atomic mass is 19.4. The molecule has 0 saturated carbocycles. The van der Waals surface area contributed by atoms with Gasteiger partial charge in [0.25, 0.3) is 11.8 Å². The molecule has 0 saturated heterocycles. The fourth-order valence-electron chi connectivity index (χ4n) is 3.38. The Bertz CT molecular complexity index is 1440. The first-order chi connectivity index (χ1) is 16.6. The summed E-state index contributed by atoms with van der Waals surface area (Å²) in [6, 6.07) is 16.1. The van der Waals surface area contributed by atoms with Crippen molar-refractivity contribution in [1.82, 2.24) is 10.3 Å². The molecule has 0 fully saturated rings. The number of nitrogens with two attached hydrogens (primary N) is 1. The fourth-order valence-corrected chi connectivity index (χ4v) is 3.38. The third kappa shape index (κ3) is 5.49. The van der Waals surface area contributed by atoms with Gasteiger partial charge in [0.1, 0.15) is 17.2 Å². The van der Waals surface area contributed by atoms with Gasteiger partial charge in [-0.05, 0) is 59.3 Å². The number of nitrogens with zero attached hydrogens (tertiary/aromatic N) is 1. The number of hydrogen-bond acceptors (Lipinski definition) is 5. The largest absolute Gasteiger partial charge is 0.457 e. The Labute approximate surface area is 197 Å². The highest BCUT2D eigenvalue weighted by Crippen LogP contribution is 2.33. The number of rotatable bonds is 5. The van der Waals surface area contributed by atoms with E-state index in [0.29, 0.717) is 16.9 Å². The van der Waals surface area contributed by atoms with E-state index >= 15 is 0 Å². The minimum absolute atomic E-state index is 0.0656. The van der Waals surface area contributed by atoms with E-state index < -0.39 is 17.6 Å². The van der Waals surface area contributed by atoms with E-state index in [2.05, 4.69) is 15.6 Å². The lowest BCUT2D eigenvalue weighted by atomic mass is 10.1. The van der Waals surface area contributed by atoms with Crippen LogP contribution in [0.15, 0.2) is 72.9 Å². The van der Waals surface area contributed by atoms with Crippen LogP contribution in [0.4, 0.5) is 24.5 Å². The highest BCUT2D eigenvalue weighted by Gasteiger charge is 2.31. The number of benzene rings is 3. The Balaban J connectivity index is 1.57. The van der Waals surface area contributed by atoms with Crippen molar-refractivity contribution >= 4 is 34.0 Å². The van der Waals surface area contributed by atoms with E-state index in [-0.39, 0.29) is 28.5 Å². The third-order valence-electron chi connectivity index (χ3n) is 5.04. The highest BCUT2D eigenvalue weighted by molar-refractivity contribution is 6.06. The maximum Gasteiger partial charge on any atom is 0.416 e. The Kier molecular flexibility index (Phi) is 6.28. The minimum Gasteiger partial charge on any atom is -0.457 e. The number of carbonyl (C=O) groups excluding carboxylic acids is 2. The Morgan fingerprint density at radius 1 is 0.886 bits per heavy atom. The number of pyridine rings is 1. The van der Waals surface area contributed by atoms with Crippen LogP contribution in [0.1, 0.15) is 26.4 Å². The van der Waals surface area contributed by atoms with Crippen LogP contribution in [0.25, 0.3) is 10.8 Å². The van der Waals surface area contributed by atoms with Gasteiger partial charge >= 0.3 is 6.18 Å². The molecule has 2 amide bonds.